The van der Waals surface area contributed by atoms with E-state index in [-0.39, 0.29) is 0 Å². The van der Waals surface area contributed by atoms with E-state index >= 15 is 0 Å². The number of nitrogens with zero attached hydrogens (tertiary/aromatic N) is 3. The molecule has 3 nitrogen and oxygen atoms in total. The van der Waals surface area contributed by atoms with Gasteiger partial charge in [-0.1, -0.05) is 18.2 Å². The molecule has 106 valence electrons. The van der Waals surface area contributed by atoms with Crippen molar-refractivity contribution in [3.63, 3.8) is 0 Å². The Bertz CT molecular complexity index is 825. The van der Waals surface area contributed by atoms with E-state index < -0.39 is 0 Å². The van der Waals surface area contributed by atoms with Crippen LogP contribution in [0.1, 0.15) is 30.1 Å². The summed E-state index contributed by atoms with van der Waals surface area (Å²) < 4.78 is 0. The summed E-state index contributed by atoms with van der Waals surface area (Å²) in [5.74, 6) is 0. The predicted molar refractivity (Wildman–Crippen MR) is 86.4 cm³/mol. The van der Waals surface area contributed by atoms with Gasteiger partial charge < -0.3 is 0 Å². The van der Waals surface area contributed by atoms with Crippen molar-refractivity contribution in [3.05, 3.63) is 47.8 Å². The highest BCUT2D eigenvalue weighted by molar-refractivity contribution is 5.95. The molecule has 0 bridgehead atoms. The highest BCUT2D eigenvalue weighted by Gasteiger charge is 2.25. The number of para-hydroxylation sites is 1. The largest absolute Gasteiger partial charge is 0.299 e. The van der Waals surface area contributed by atoms with Crippen LogP contribution in [0.3, 0.4) is 0 Å². The quantitative estimate of drug-likeness (QED) is 0.632. The second-order valence-electron chi connectivity index (χ2n) is 6.01. The fourth-order valence-corrected chi connectivity index (χ4v) is 3.46. The van der Waals surface area contributed by atoms with Gasteiger partial charge in [0.1, 0.15) is 0 Å². The van der Waals surface area contributed by atoms with Crippen LogP contribution in [0.25, 0.3) is 21.8 Å². The van der Waals surface area contributed by atoms with Crippen LogP contribution in [-0.2, 0) is 0 Å². The molecule has 0 saturated carbocycles. The average molecular weight is 277 g/mol. The normalized spacial score (nSPS) is 19.6. The maximum Gasteiger partial charge on any atom is 0.0791 e. The molecule has 21 heavy (non-hydrogen) atoms. The number of fused-ring (bicyclic) bond motifs is 2. The van der Waals surface area contributed by atoms with Gasteiger partial charge in [0.05, 0.1) is 11.0 Å². The zero-order valence-corrected chi connectivity index (χ0v) is 12.5. The van der Waals surface area contributed by atoms with E-state index in [0.717, 1.165) is 23.3 Å². The maximum absolute atomic E-state index is 4.95. The van der Waals surface area contributed by atoms with Crippen LogP contribution in [0.2, 0.25) is 0 Å². The zero-order valence-electron chi connectivity index (χ0n) is 12.5. The van der Waals surface area contributed by atoms with Crippen molar-refractivity contribution in [3.8, 4) is 0 Å². The van der Waals surface area contributed by atoms with Crippen LogP contribution >= 0.6 is 0 Å². The Morgan fingerprint density at radius 1 is 1.24 bits per heavy atom. The van der Waals surface area contributed by atoms with Crippen LogP contribution in [0.4, 0.5) is 0 Å². The number of hydrogen-bond acceptors (Lipinski definition) is 3. The monoisotopic (exact) mass is 277 g/mol. The summed E-state index contributed by atoms with van der Waals surface area (Å²) in [6.45, 7) is 3.23. The fraction of sp³-hybridized carbons (Fsp3) is 0.333. The third-order valence-electron chi connectivity index (χ3n) is 4.66. The van der Waals surface area contributed by atoms with Gasteiger partial charge in [-0.3, -0.25) is 9.88 Å². The van der Waals surface area contributed by atoms with Gasteiger partial charge in [-0.25, -0.2) is 4.98 Å². The van der Waals surface area contributed by atoms with E-state index in [1.807, 2.05) is 6.20 Å². The Balaban J connectivity index is 2.03. The standard InChI is InChI=1S/C18H19N3/c1-12-14-10-13-6-3-4-7-16(13)20-18(14)15(11-19-12)17-8-5-9-21(17)2/h3-4,6-7,10-11,17H,5,8-9H2,1-2H3/t17-/m0/s1. The minimum absolute atomic E-state index is 0.453. The van der Waals surface area contributed by atoms with E-state index in [1.54, 1.807) is 0 Å². The van der Waals surface area contributed by atoms with Gasteiger partial charge in [0, 0.05) is 34.3 Å². The van der Waals surface area contributed by atoms with Crippen molar-refractivity contribution in [2.75, 3.05) is 13.6 Å². The first-order chi connectivity index (χ1) is 10.2. The maximum atomic E-state index is 4.95. The molecule has 2 aromatic heterocycles. The zero-order chi connectivity index (χ0) is 14.4. The minimum Gasteiger partial charge on any atom is -0.299 e. The van der Waals surface area contributed by atoms with E-state index in [9.17, 15) is 0 Å². The SMILES string of the molecule is Cc1ncc([C@@H]2CCCN2C)c2nc3ccccc3cc12. The molecule has 1 saturated heterocycles. The summed E-state index contributed by atoms with van der Waals surface area (Å²) in [5, 5.41) is 2.37. The first-order valence-corrected chi connectivity index (χ1v) is 7.59. The molecule has 3 aromatic rings. The molecule has 1 aliphatic heterocycles. The van der Waals surface area contributed by atoms with E-state index in [2.05, 4.69) is 54.2 Å². The van der Waals surface area contributed by atoms with Crippen LogP contribution in [0.15, 0.2) is 36.5 Å². The molecule has 0 radical (unpaired) electrons. The smallest absolute Gasteiger partial charge is 0.0791 e. The van der Waals surface area contributed by atoms with E-state index in [0.29, 0.717) is 6.04 Å². The summed E-state index contributed by atoms with van der Waals surface area (Å²) in [4.78, 5) is 12.0. The highest BCUT2D eigenvalue weighted by Crippen LogP contribution is 2.35. The number of rotatable bonds is 1. The number of pyridine rings is 2. The molecule has 1 fully saturated rings. The number of aryl methyl sites for hydroxylation is 1. The molecule has 0 aliphatic carbocycles. The van der Waals surface area contributed by atoms with Crippen LogP contribution in [0.5, 0.6) is 0 Å². The van der Waals surface area contributed by atoms with Crippen molar-refractivity contribution in [2.45, 2.75) is 25.8 Å². The lowest BCUT2D eigenvalue weighted by atomic mass is 10.0. The van der Waals surface area contributed by atoms with Gasteiger partial charge >= 0.3 is 0 Å². The summed E-state index contributed by atoms with van der Waals surface area (Å²) in [6.07, 6.45) is 4.49. The summed E-state index contributed by atoms with van der Waals surface area (Å²) in [6, 6.07) is 11.0. The lowest BCUT2D eigenvalue weighted by Gasteiger charge is -2.21. The van der Waals surface area contributed by atoms with Crippen molar-refractivity contribution in [1.82, 2.24) is 14.9 Å². The molecule has 0 spiro atoms. The van der Waals surface area contributed by atoms with Gasteiger partial charge in [-0.2, -0.15) is 0 Å². The van der Waals surface area contributed by atoms with Gasteiger partial charge in [0.2, 0.25) is 0 Å². The van der Waals surface area contributed by atoms with Gasteiger partial charge in [0.25, 0.3) is 0 Å². The molecule has 0 unspecified atom stereocenters. The highest BCUT2D eigenvalue weighted by atomic mass is 15.1. The molecule has 1 aromatic carbocycles. The van der Waals surface area contributed by atoms with Gasteiger partial charge in [-0.05, 0) is 45.5 Å². The van der Waals surface area contributed by atoms with Gasteiger partial charge in [0.15, 0.2) is 0 Å². The molecular weight excluding hydrogens is 258 g/mol. The topological polar surface area (TPSA) is 29.0 Å². The van der Waals surface area contributed by atoms with E-state index in [1.165, 1.54) is 29.2 Å². The summed E-state index contributed by atoms with van der Waals surface area (Å²) in [5.41, 5.74) is 4.53. The van der Waals surface area contributed by atoms with Crippen molar-refractivity contribution in [2.24, 2.45) is 0 Å². The lowest BCUT2D eigenvalue weighted by Crippen LogP contribution is -2.18. The summed E-state index contributed by atoms with van der Waals surface area (Å²) >= 11 is 0. The van der Waals surface area contributed by atoms with Gasteiger partial charge in [-0.15, -0.1) is 0 Å². The van der Waals surface area contributed by atoms with Crippen molar-refractivity contribution < 1.29 is 0 Å². The molecule has 3 heterocycles. The molecule has 1 aliphatic rings. The second-order valence-corrected chi connectivity index (χ2v) is 6.01. The second kappa shape index (κ2) is 4.78. The molecule has 3 heteroatoms. The first kappa shape index (κ1) is 12.7. The Hall–Kier alpha value is -2.00. The number of benzene rings is 1. The Labute approximate surface area is 124 Å². The average Bonchev–Trinajstić information content (AvgIpc) is 2.92. The first-order valence-electron chi connectivity index (χ1n) is 7.59. The molecule has 1 atom stereocenters. The molecule has 0 N–H and O–H groups in total. The van der Waals surface area contributed by atoms with Crippen LogP contribution in [0, 0.1) is 6.92 Å². The van der Waals surface area contributed by atoms with E-state index in [4.69, 9.17) is 4.98 Å². The number of aromatic nitrogens is 2. The number of likely N-dealkylation sites (tertiary alicyclic amines) is 1. The van der Waals surface area contributed by atoms with Crippen molar-refractivity contribution in [1.29, 1.82) is 0 Å². The molecule has 0 amide bonds. The van der Waals surface area contributed by atoms with Crippen molar-refractivity contribution >= 4 is 21.8 Å². The third-order valence-corrected chi connectivity index (χ3v) is 4.66. The summed E-state index contributed by atoms with van der Waals surface area (Å²) in [7, 11) is 2.20. The van der Waals surface area contributed by atoms with Crippen LogP contribution < -0.4 is 0 Å². The number of hydrogen-bond donors (Lipinski definition) is 0. The Kier molecular flexibility index (Phi) is 2.89. The van der Waals surface area contributed by atoms with Crippen LogP contribution in [-0.4, -0.2) is 28.5 Å². The Morgan fingerprint density at radius 2 is 2.10 bits per heavy atom. The Morgan fingerprint density at radius 3 is 2.90 bits per heavy atom. The minimum atomic E-state index is 0.453. The fourth-order valence-electron chi connectivity index (χ4n) is 3.46. The predicted octanol–water partition coefficient (Wildman–Crippen LogP) is 3.86. The lowest BCUT2D eigenvalue weighted by molar-refractivity contribution is 0.318. The molecular formula is C18H19N3. The third kappa shape index (κ3) is 2.00. The molecule has 4 rings (SSSR count).